The second-order valence-corrected chi connectivity index (χ2v) is 5.31. The lowest BCUT2D eigenvalue weighted by atomic mass is 9.91. The van der Waals surface area contributed by atoms with Gasteiger partial charge in [0.25, 0.3) is 0 Å². The third-order valence-electron chi connectivity index (χ3n) is 2.83. The van der Waals surface area contributed by atoms with E-state index in [1.165, 1.54) is 24.8 Å². The van der Waals surface area contributed by atoms with E-state index in [0.717, 1.165) is 18.4 Å². The summed E-state index contributed by atoms with van der Waals surface area (Å²) in [7, 11) is 0. The highest BCUT2D eigenvalue weighted by atomic mass is 35.5. The Morgan fingerprint density at radius 2 is 1.07 bits per heavy atom. The Kier molecular flexibility index (Phi) is 3.72. The average Bonchev–Trinajstić information content (AvgIpc) is 2.45. The normalized spacial score (nSPS) is 23.2. The van der Waals surface area contributed by atoms with E-state index in [0.29, 0.717) is 20.1 Å². The predicted octanol–water partition coefficient (Wildman–Crippen LogP) is 5.64. The van der Waals surface area contributed by atoms with Crippen molar-refractivity contribution >= 4 is 46.4 Å². The summed E-state index contributed by atoms with van der Waals surface area (Å²) < 4.78 is 0. The molecule has 2 aliphatic carbocycles. The number of allylic oxidation sites excluding steroid dienone is 6. The van der Waals surface area contributed by atoms with Crippen LogP contribution in [0.5, 0.6) is 0 Å². The zero-order valence-electron chi connectivity index (χ0n) is 8.05. The molecule has 15 heavy (non-hydrogen) atoms. The van der Waals surface area contributed by atoms with Gasteiger partial charge in [-0.3, -0.25) is 0 Å². The van der Waals surface area contributed by atoms with E-state index in [4.69, 9.17) is 46.4 Å². The number of halogens is 4. The maximum Gasteiger partial charge on any atom is 0.0800 e. The minimum absolute atomic E-state index is 0.386. The molecule has 0 aromatic rings. The van der Waals surface area contributed by atoms with Crippen molar-refractivity contribution in [2.24, 2.45) is 0 Å². The molecule has 0 nitrogen and oxygen atoms in total. The molecule has 82 valence electrons. The van der Waals surface area contributed by atoms with Crippen LogP contribution in [0.1, 0.15) is 32.1 Å². The van der Waals surface area contributed by atoms with Crippen molar-refractivity contribution in [1.29, 1.82) is 0 Å². The van der Waals surface area contributed by atoms with Crippen LogP contribution in [0.3, 0.4) is 0 Å². The first-order valence-electron chi connectivity index (χ1n) is 4.96. The molecule has 0 N–H and O–H groups in total. The Hall–Kier alpha value is 0.380. The third kappa shape index (κ3) is 2.10. The zero-order valence-corrected chi connectivity index (χ0v) is 11.1. The molecule has 0 aliphatic heterocycles. The van der Waals surface area contributed by atoms with Gasteiger partial charge in [-0.15, -0.1) is 0 Å². The summed E-state index contributed by atoms with van der Waals surface area (Å²) in [5.74, 6) is 0. The van der Waals surface area contributed by atoms with Crippen LogP contribution in [0, 0.1) is 0 Å². The second-order valence-electron chi connectivity index (χ2n) is 3.80. The summed E-state index contributed by atoms with van der Waals surface area (Å²) in [5, 5.41) is 1.81. The summed E-state index contributed by atoms with van der Waals surface area (Å²) in [6.07, 6.45) is 5.78. The van der Waals surface area contributed by atoms with E-state index in [1.54, 1.807) is 0 Å². The van der Waals surface area contributed by atoms with Crippen LogP contribution >= 0.6 is 46.4 Å². The van der Waals surface area contributed by atoms with Crippen LogP contribution in [0.15, 0.2) is 31.3 Å². The molecule has 0 unspecified atom stereocenters. The van der Waals surface area contributed by atoms with Crippen LogP contribution in [-0.2, 0) is 0 Å². The highest BCUT2D eigenvalue weighted by Gasteiger charge is 2.28. The Morgan fingerprint density at radius 3 is 1.53 bits per heavy atom. The molecule has 1 fully saturated rings. The quantitative estimate of drug-likeness (QED) is 0.540. The third-order valence-corrected chi connectivity index (χ3v) is 4.63. The van der Waals surface area contributed by atoms with Gasteiger partial charge >= 0.3 is 0 Å². The fourth-order valence-electron chi connectivity index (χ4n) is 2.05. The van der Waals surface area contributed by atoms with Crippen LogP contribution in [0.25, 0.3) is 0 Å². The molecule has 0 atom stereocenters. The number of hydrogen-bond acceptors (Lipinski definition) is 0. The van der Waals surface area contributed by atoms with Crippen molar-refractivity contribution < 1.29 is 0 Å². The van der Waals surface area contributed by atoms with E-state index in [2.05, 4.69) is 0 Å². The van der Waals surface area contributed by atoms with Crippen molar-refractivity contribution in [3.63, 3.8) is 0 Å². The van der Waals surface area contributed by atoms with Gasteiger partial charge in [-0.2, -0.15) is 0 Å². The molecule has 2 rings (SSSR count). The Morgan fingerprint density at radius 1 is 0.600 bits per heavy atom. The molecule has 0 aromatic heterocycles. The molecule has 0 bridgehead atoms. The number of rotatable bonds is 0. The molecule has 0 radical (unpaired) electrons. The highest BCUT2D eigenvalue weighted by Crippen LogP contribution is 2.48. The first-order chi connectivity index (χ1) is 7.13. The lowest BCUT2D eigenvalue weighted by molar-refractivity contribution is 0.596. The maximum absolute atomic E-state index is 6.13. The van der Waals surface area contributed by atoms with E-state index < -0.39 is 0 Å². The van der Waals surface area contributed by atoms with Gasteiger partial charge in [-0.25, -0.2) is 0 Å². The van der Waals surface area contributed by atoms with Crippen LogP contribution in [0.4, 0.5) is 0 Å². The van der Waals surface area contributed by atoms with Crippen molar-refractivity contribution in [3.05, 3.63) is 31.3 Å². The summed E-state index contributed by atoms with van der Waals surface area (Å²) in [6.45, 7) is 0. The summed E-state index contributed by atoms with van der Waals surface area (Å²) in [4.78, 5) is 0. The Balaban J connectivity index is 2.45. The Labute approximate surface area is 110 Å². The SMILES string of the molecule is ClC1=C(Cl)C(=C2CCCCC2)C(Cl)=C1Cl. The molecule has 1 saturated carbocycles. The van der Waals surface area contributed by atoms with Crippen molar-refractivity contribution in [2.75, 3.05) is 0 Å². The first-order valence-corrected chi connectivity index (χ1v) is 6.47. The topological polar surface area (TPSA) is 0 Å². The molecule has 0 amide bonds. The van der Waals surface area contributed by atoms with E-state index >= 15 is 0 Å². The first kappa shape index (κ1) is 11.9. The Bertz CT molecular complexity index is 353. The van der Waals surface area contributed by atoms with E-state index in [-0.39, 0.29) is 0 Å². The molecular weight excluding hydrogens is 274 g/mol. The molecule has 4 heteroatoms. The minimum atomic E-state index is 0.386. The molecule has 0 saturated heterocycles. The largest absolute Gasteiger partial charge is 0.0819 e. The van der Waals surface area contributed by atoms with Crippen molar-refractivity contribution in [2.45, 2.75) is 32.1 Å². The van der Waals surface area contributed by atoms with Gasteiger partial charge < -0.3 is 0 Å². The fraction of sp³-hybridized carbons (Fsp3) is 0.455. The maximum atomic E-state index is 6.13. The standard InChI is InChI=1S/C11H10Cl4/c12-8-7(6-4-2-1-3-5-6)9(13)11(15)10(8)14/h1-5H2. The predicted molar refractivity (Wildman–Crippen MR) is 67.6 cm³/mol. The smallest absolute Gasteiger partial charge is 0.0800 e. The van der Waals surface area contributed by atoms with Crippen LogP contribution < -0.4 is 0 Å². The fourth-order valence-corrected chi connectivity index (χ4v) is 3.22. The highest BCUT2D eigenvalue weighted by molar-refractivity contribution is 6.55. The van der Waals surface area contributed by atoms with E-state index in [9.17, 15) is 0 Å². The van der Waals surface area contributed by atoms with Gasteiger partial charge in [-0.05, 0) is 25.7 Å². The summed E-state index contributed by atoms with van der Waals surface area (Å²) in [5.41, 5.74) is 2.18. The van der Waals surface area contributed by atoms with Crippen LogP contribution in [-0.4, -0.2) is 0 Å². The van der Waals surface area contributed by atoms with Gasteiger partial charge in [-0.1, -0.05) is 58.4 Å². The molecule has 0 aromatic carbocycles. The van der Waals surface area contributed by atoms with E-state index in [1.807, 2.05) is 0 Å². The van der Waals surface area contributed by atoms with Crippen molar-refractivity contribution in [3.8, 4) is 0 Å². The molecule has 0 heterocycles. The van der Waals surface area contributed by atoms with Gasteiger partial charge in [0.05, 0.1) is 20.1 Å². The second kappa shape index (κ2) is 4.71. The summed E-state index contributed by atoms with van der Waals surface area (Å²) >= 11 is 24.2. The molecule has 0 spiro atoms. The van der Waals surface area contributed by atoms with Gasteiger partial charge in [0.1, 0.15) is 0 Å². The lowest BCUT2D eigenvalue weighted by Gasteiger charge is -2.17. The van der Waals surface area contributed by atoms with Crippen molar-refractivity contribution in [1.82, 2.24) is 0 Å². The van der Waals surface area contributed by atoms with Gasteiger partial charge in [0.2, 0.25) is 0 Å². The van der Waals surface area contributed by atoms with Crippen LogP contribution in [0.2, 0.25) is 0 Å². The van der Waals surface area contributed by atoms with Gasteiger partial charge in [0.15, 0.2) is 0 Å². The summed E-state index contributed by atoms with van der Waals surface area (Å²) in [6, 6.07) is 0. The minimum Gasteiger partial charge on any atom is -0.0819 e. The van der Waals surface area contributed by atoms with Gasteiger partial charge in [0, 0.05) is 5.57 Å². The molecule has 2 aliphatic rings. The zero-order chi connectivity index (χ0) is 11.0. The average molecular weight is 284 g/mol. The monoisotopic (exact) mass is 282 g/mol. The number of hydrogen-bond donors (Lipinski definition) is 0. The lowest BCUT2D eigenvalue weighted by Crippen LogP contribution is -1.98. The molecular formula is C11H10Cl4.